The molecule has 69 heavy (non-hydrogen) atoms. The molecule has 3 aromatic rings. The summed E-state index contributed by atoms with van der Waals surface area (Å²) in [5, 5.41) is 59.4. The first kappa shape index (κ1) is 51.3. The van der Waals surface area contributed by atoms with E-state index in [1.807, 2.05) is 0 Å². The van der Waals surface area contributed by atoms with Gasteiger partial charge < -0.3 is 61.8 Å². The van der Waals surface area contributed by atoms with Crippen LogP contribution in [-0.2, 0) is 54.5 Å². The van der Waals surface area contributed by atoms with E-state index in [-0.39, 0.29) is 58.4 Å². The quantitative estimate of drug-likeness (QED) is 0.0241. The van der Waals surface area contributed by atoms with E-state index in [0.717, 1.165) is 60.0 Å². The third kappa shape index (κ3) is 12.5. The van der Waals surface area contributed by atoms with Gasteiger partial charge in [-0.3, -0.25) is 9.59 Å². The standard InChI is InChI=1S/C40H43N11O14S4/c1-17-42-20(15-66-17)24(49-64-39(2,3)36(59)60)29(52)44-26(31-46-22(33(54)55)18(13-67-31)11-51-9-7-6-8-10-51)28(41)48-38-43-21(16-69-38)25(50-65-40(4,5)37(61)62)30(53)45-27(34(56)57)32-47-23-19(14-68-32)12-63-35(23)58/h6-10,15-16,26-27,31-32,46-47H,11-14H2,1-5H3,(H7-,41,43,44,45,48,52,53,54,55,56,57,59,60,61,62)/p+1/b49-24-,50-25-/t26?,27-,31?,32+/m0/s1. The molecule has 3 aliphatic rings. The van der Waals surface area contributed by atoms with Crippen molar-refractivity contribution in [1.82, 2.24) is 31.2 Å². The van der Waals surface area contributed by atoms with Crippen molar-refractivity contribution in [3.05, 3.63) is 80.3 Å². The van der Waals surface area contributed by atoms with Gasteiger partial charge in [0.1, 0.15) is 52.0 Å². The predicted octanol–water partition coefficient (Wildman–Crippen LogP) is 0.281. The summed E-state index contributed by atoms with van der Waals surface area (Å²) in [7, 11) is 0. The Morgan fingerprint density at radius 2 is 1.42 bits per heavy atom. The highest BCUT2D eigenvalue weighted by molar-refractivity contribution is 8.00. The molecular weight excluding hydrogens is 987 g/mol. The first-order valence-corrected chi connectivity index (χ1v) is 24.0. The number of aliphatic carboxylic acids is 4. The van der Waals surface area contributed by atoms with Crippen LogP contribution in [0.2, 0.25) is 0 Å². The van der Waals surface area contributed by atoms with Crippen LogP contribution >= 0.6 is 46.2 Å². The highest BCUT2D eigenvalue weighted by Gasteiger charge is 2.41. The molecular formula is C40H44N11O14S4+. The number of carboxylic acids is 4. The molecule has 0 aliphatic carbocycles. The first-order chi connectivity index (χ1) is 32.5. The van der Waals surface area contributed by atoms with Crippen molar-refractivity contribution in [2.75, 3.05) is 18.1 Å². The summed E-state index contributed by atoms with van der Waals surface area (Å²) in [5.74, 6) is -8.57. The number of aryl methyl sites for hydroxylation is 1. The van der Waals surface area contributed by atoms with Crippen LogP contribution in [0.4, 0.5) is 5.13 Å². The summed E-state index contributed by atoms with van der Waals surface area (Å²) >= 11 is 4.19. The number of carbonyl (C=O) groups excluding carboxylic acids is 3. The lowest BCUT2D eigenvalue weighted by molar-refractivity contribution is -0.689. The van der Waals surface area contributed by atoms with E-state index < -0.39 is 87.1 Å². The third-order valence-electron chi connectivity index (χ3n) is 9.88. The van der Waals surface area contributed by atoms with Crippen LogP contribution in [-0.4, -0.2) is 141 Å². The van der Waals surface area contributed by atoms with Gasteiger partial charge in [0.05, 0.1) is 5.01 Å². The van der Waals surface area contributed by atoms with Gasteiger partial charge in [0.25, 0.3) is 11.8 Å². The van der Waals surface area contributed by atoms with Crippen LogP contribution in [0, 0.1) is 6.92 Å². The maximum absolute atomic E-state index is 14.3. The molecule has 0 saturated heterocycles. The Bertz CT molecular complexity index is 2720. The van der Waals surface area contributed by atoms with Crippen LogP contribution < -0.4 is 31.6 Å². The van der Waals surface area contributed by atoms with Crippen LogP contribution in [0.5, 0.6) is 0 Å². The SMILES string of the molecule is Cc1nc(/C(=N/OC(C)(C)C(=O)O)C(=O)NC(C(N)=Nc2nc(/C(=N/OC(C)(C)C(=O)O)C(=O)N[C@H](C(=O)O)[C@@H]3NC4=C(COC4=O)CS3)cs2)C2NC(C(=O)O)=C(C[n+]3ccccc3)CS2)cs1. The van der Waals surface area contributed by atoms with Gasteiger partial charge in [-0.2, -0.15) is 0 Å². The Labute approximate surface area is 407 Å². The second-order valence-electron chi connectivity index (χ2n) is 15.9. The number of aliphatic imine (C=N–C) groups is 1. The Morgan fingerprint density at radius 3 is 1.99 bits per heavy atom. The molecule has 4 atom stereocenters. The summed E-state index contributed by atoms with van der Waals surface area (Å²) in [6.45, 7) is 6.59. The molecule has 6 rings (SSSR count). The van der Waals surface area contributed by atoms with Crippen molar-refractivity contribution in [1.29, 1.82) is 0 Å². The minimum absolute atomic E-state index is 0.0110. The zero-order chi connectivity index (χ0) is 50.4. The second kappa shape index (κ2) is 21.5. The minimum atomic E-state index is -2.00. The highest BCUT2D eigenvalue weighted by Crippen LogP contribution is 2.30. The number of hydrogen-bond acceptors (Lipinski definition) is 21. The number of hydrogen-bond donors (Lipinski definition) is 9. The molecule has 0 aromatic carbocycles. The van der Waals surface area contributed by atoms with Gasteiger partial charge in [-0.25, -0.2) is 43.5 Å². The van der Waals surface area contributed by atoms with E-state index in [2.05, 4.69) is 46.5 Å². The molecule has 3 aromatic heterocycles. The molecule has 6 heterocycles. The monoisotopic (exact) mass is 1030 g/mol. The molecule has 0 radical (unpaired) electrons. The molecule has 3 aliphatic heterocycles. The number of aromatic nitrogens is 3. The minimum Gasteiger partial charge on any atom is -0.480 e. The van der Waals surface area contributed by atoms with Gasteiger partial charge in [0.15, 0.2) is 36.4 Å². The average Bonchev–Trinajstić information content (AvgIpc) is 4.04. The number of carboxylic acid groups (broad SMARTS) is 4. The molecule has 2 amide bonds. The van der Waals surface area contributed by atoms with Crippen LogP contribution in [0.15, 0.2) is 79.2 Å². The Balaban J connectivity index is 1.36. The number of pyridine rings is 1. The van der Waals surface area contributed by atoms with Gasteiger partial charge in [0, 0.05) is 45.5 Å². The zero-order valence-corrected chi connectivity index (χ0v) is 40.2. The molecule has 0 saturated carbocycles. The number of thioether (sulfide) groups is 2. The van der Waals surface area contributed by atoms with Gasteiger partial charge in [-0.1, -0.05) is 16.4 Å². The predicted molar refractivity (Wildman–Crippen MR) is 248 cm³/mol. The third-order valence-corrected chi connectivity index (χ3v) is 13.9. The van der Waals surface area contributed by atoms with E-state index in [1.54, 1.807) is 42.1 Å². The Morgan fingerprint density at radius 1 is 0.855 bits per heavy atom. The lowest BCUT2D eigenvalue weighted by Gasteiger charge is -2.32. The summed E-state index contributed by atoms with van der Waals surface area (Å²) in [6, 6.07) is 2.25. The molecule has 366 valence electrons. The van der Waals surface area contributed by atoms with Crippen molar-refractivity contribution in [3.63, 3.8) is 0 Å². The fourth-order valence-electron chi connectivity index (χ4n) is 5.97. The summed E-state index contributed by atoms with van der Waals surface area (Å²) in [4.78, 5) is 113. The molecule has 2 unspecified atom stereocenters. The number of oxime groups is 2. The molecule has 0 bridgehead atoms. The molecule has 0 fully saturated rings. The van der Waals surface area contributed by atoms with Crippen molar-refractivity contribution >= 4 is 110 Å². The number of nitrogens with two attached hydrogens (primary N) is 1. The summed E-state index contributed by atoms with van der Waals surface area (Å²) < 4.78 is 6.80. The number of nitrogens with zero attached hydrogens (tertiary/aromatic N) is 6. The number of cyclic esters (lactones) is 1. The fourth-order valence-corrected chi connectivity index (χ4v) is 9.66. The van der Waals surface area contributed by atoms with Crippen molar-refractivity contribution < 1.29 is 73.0 Å². The first-order valence-electron chi connectivity index (χ1n) is 20.2. The van der Waals surface area contributed by atoms with E-state index in [0.29, 0.717) is 16.2 Å². The highest BCUT2D eigenvalue weighted by atomic mass is 32.2. The van der Waals surface area contributed by atoms with E-state index >= 15 is 0 Å². The number of thiazole rings is 2. The number of rotatable bonds is 20. The maximum atomic E-state index is 14.3. The van der Waals surface area contributed by atoms with Crippen molar-refractivity contribution in [2.24, 2.45) is 21.0 Å². The normalized spacial score (nSPS) is 18.7. The van der Waals surface area contributed by atoms with E-state index in [1.165, 1.54) is 24.6 Å². The van der Waals surface area contributed by atoms with Crippen molar-refractivity contribution in [3.8, 4) is 0 Å². The van der Waals surface area contributed by atoms with E-state index in [9.17, 15) is 54.0 Å². The summed E-state index contributed by atoms with van der Waals surface area (Å²) in [6.07, 6.45) is 3.51. The molecule has 0 spiro atoms. The maximum Gasteiger partial charge on any atom is 0.354 e. The van der Waals surface area contributed by atoms with Crippen LogP contribution in [0.1, 0.15) is 44.1 Å². The topological polar surface area (TPSA) is 369 Å². The van der Waals surface area contributed by atoms with Crippen LogP contribution in [0.25, 0.3) is 0 Å². The zero-order valence-electron chi connectivity index (χ0n) is 36.9. The Kier molecular flexibility index (Phi) is 15.9. The largest absolute Gasteiger partial charge is 0.480 e. The summed E-state index contributed by atoms with van der Waals surface area (Å²) in [5.41, 5.74) is 2.33. The second-order valence-corrected chi connectivity index (χ2v) is 20.0. The molecule has 25 nitrogen and oxygen atoms in total. The fraction of sp³-hybridized carbons (Fsp3) is 0.375. The van der Waals surface area contributed by atoms with Gasteiger partial charge in [-0.15, -0.1) is 46.2 Å². The number of amides is 2. The number of esters is 1. The molecule has 29 heteroatoms. The Hall–Kier alpha value is -7.11. The average molecular weight is 1030 g/mol. The number of amidine groups is 1. The van der Waals surface area contributed by atoms with E-state index in [4.69, 9.17) is 20.1 Å². The lowest BCUT2D eigenvalue weighted by atomic mass is 10.1. The van der Waals surface area contributed by atoms with Gasteiger partial charge in [0.2, 0.25) is 16.3 Å². The number of carbonyl (C=O) groups is 7. The number of ether oxygens (including phenoxy) is 1. The smallest absolute Gasteiger partial charge is 0.354 e. The lowest BCUT2D eigenvalue weighted by Crippen LogP contribution is -2.58. The van der Waals surface area contributed by atoms with Gasteiger partial charge >= 0.3 is 29.8 Å². The van der Waals surface area contributed by atoms with Crippen LogP contribution in [0.3, 0.4) is 0 Å². The van der Waals surface area contributed by atoms with Gasteiger partial charge in [-0.05, 0) is 34.6 Å². The number of nitrogens with one attached hydrogen (secondary N) is 4. The van der Waals surface area contributed by atoms with Crippen molar-refractivity contribution in [2.45, 2.75) is 75.2 Å². The molecule has 10 N–H and O–H groups in total.